The first-order valence-electron chi connectivity index (χ1n) is 6.01. The third kappa shape index (κ3) is 3.84. The molecule has 2 N–H and O–H groups in total. The Balaban J connectivity index is 3.03. The molecule has 1 atom stereocenters. The van der Waals surface area contributed by atoms with E-state index in [9.17, 15) is 8.42 Å². The van der Waals surface area contributed by atoms with Gasteiger partial charge in [0.15, 0.2) is 9.84 Å². The van der Waals surface area contributed by atoms with Gasteiger partial charge in [-0.2, -0.15) is 0 Å². The number of benzene rings is 1. The summed E-state index contributed by atoms with van der Waals surface area (Å²) in [6, 6.07) is 4.54. The van der Waals surface area contributed by atoms with Crippen LogP contribution in [0.4, 0.5) is 0 Å². The number of ether oxygens (including phenoxy) is 2. The molecule has 19 heavy (non-hydrogen) atoms. The Morgan fingerprint density at radius 2 is 1.84 bits per heavy atom. The van der Waals surface area contributed by atoms with Crippen LogP contribution in [0.15, 0.2) is 18.2 Å². The fourth-order valence-corrected chi connectivity index (χ4v) is 2.72. The minimum atomic E-state index is -3.20. The summed E-state index contributed by atoms with van der Waals surface area (Å²) >= 11 is 0. The quantitative estimate of drug-likeness (QED) is 0.858. The Bertz CT molecular complexity index is 525. The van der Waals surface area contributed by atoms with Crippen LogP contribution >= 0.6 is 0 Å². The van der Waals surface area contributed by atoms with Crippen molar-refractivity contribution < 1.29 is 17.9 Å². The summed E-state index contributed by atoms with van der Waals surface area (Å²) < 4.78 is 34.1. The highest BCUT2D eigenvalue weighted by Gasteiger charge is 2.23. The first-order chi connectivity index (χ1) is 8.81. The number of nitrogens with two attached hydrogens (primary N) is 1. The first kappa shape index (κ1) is 15.8. The standard InChI is InChI=1S/C13H21NO4S/c1-9(2)19(15,16)8-12(14)11-6-5-10(17-3)7-13(11)18-4/h5-7,9,12H,8,14H2,1-4H3. The van der Waals surface area contributed by atoms with Crippen molar-refractivity contribution in [1.29, 1.82) is 0 Å². The second-order valence-corrected chi connectivity index (χ2v) is 7.19. The average molecular weight is 287 g/mol. The molecule has 0 spiro atoms. The molecule has 0 aliphatic carbocycles. The van der Waals surface area contributed by atoms with Crippen molar-refractivity contribution in [3.05, 3.63) is 23.8 Å². The lowest BCUT2D eigenvalue weighted by Gasteiger charge is -2.18. The molecule has 0 fully saturated rings. The monoisotopic (exact) mass is 287 g/mol. The van der Waals surface area contributed by atoms with Gasteiger partial charge < -0.3 is 15.2 Å². The largest absolute Gasteiger partial charge is 0.497 e. The maximum Gasteiger partial charge on any atom is 0.154 e. The molecule has 0 saturated carbocycles. The molecule has 0 amide bonds. The van der Waals surface area contributed by atoms with Gasteiger partial charge in [-0.1, -0.05) is 6.07 Å². The average Bonchev–Trinajstić information content (AvgIpc) is 2.37. The number of rotatable bonds is 6. The zero-order valence-corrected chi connectivity index (χ0v) is 12.5. The second kappa shape index (κ2) is 6.25. The van der Waals surface area contributed by atoms with Crippen molar-refractivity contribution in [1.82, 2.24) is 0 Å². The Kier molecular flexibility index (Phi) is 5.20. The van der Waals surface area contributed by atoms with E-state index in [0.29, 0.717) is 17.1 Å². The molecule has 6 heteroatoms. The summed E-state index contributed by atoms with van der Waals surface area (Å²) in [5.41, 5.74) is 6.65. The molecule has 0 radical (unpaired) electrons. The molecule has 0 bridgehead atoms. The van der Waals surface area contributed by atoms with Crippen LogP contribution in [0.1, 0.15) is 25.5 Å². The van der Waals surface area contributed by atoms with Crippen molar-refractivity contribution in [2.24, 2.45) is 5.73 Å². The lowest BCUT2D eigenvalue weighted by atomic mass is 10.1. The molecule has 1 rings (SSSR count). The van der Waals surface area contributed by atoms with Crippen LogP contribution in [0.5, 0.6) is 11.5 Å². The van der Waals surface area contributed by atoms with Crippen molar-refractivity contribution in [2.45, 2.75) is 25.1 Å². The van der Waals surface area contributed by atoms with E-state index in [4.69, 9.17) is 15.2 Å². The van der Waals surface area contributed by atoms with Crippen molar-refractivity contribution in [3.63, 3.8) is 0 Å². The molecule has 108 valence electrons. The van der Waals surface area contributed by atoms with Gasteiger partial charge >= 0.3 is 0 Å². The predicted molar refractivity (Wildman–Crippen MR) is 75.4 cm³/mol. The number of hydrogen-bond acceptors (Lipinski definition) is 5. The molecule has 0 saturated heterocycles. The van der Waals surface area contributed by atoms with Crippen molar-refractivity contribution >= 4 is 9.84 Å². The molecule has 0 heterocycles. The van der Waals surface area contributed by atoms with E-state index < -0.39 is 21.1 Å². The van der Waals surface area contributed by atoms with Gasteiger partial charge in [0.25, 0.3) is 0 Å². The smallest absolute Gasteiger partial charge is 0.154 e. The van der Waals surface area contributed by atoms with Crippen LogP contribution in [0, 0.1) is 0 Å². The summed E-state index contributed by atoms with van der Waals surface area (Å²) in [4.78, 5) is 0. The van der Waals surface area contributed by atoms with E-state index in [0.717, 1.165) is 0 Å². The van der Waals surface area contributed by atoms with Gasteiger partial charge in [0.2, 0.25) is 0 Å². The van der Waals surface area contributed by atoms with Crippen LogP contribution in [0.3, 0.4) is 0 Å². The SMILES string of the molecule is COc1ccc(C(N)CS(=O)(=O)C(C)C)c(OC)c1. The summed E-state index contributed by atoms with van der Waals surface area (Å²) in [7, 11) is -0.129. The van der Waals surface area contributed by atoms with Crippen molar-refractivity contribution in [3.8, 4) is 11.5 Å². The van der Waals surface area contributed by atoms with Gasteiger partial charge in [-0.15, -0.1) is 0 Å². The van der Waals surface area contributed by atoms with Gasteiger partial charge in [-0.25, -0.2) is 8.42 Å². The number of sulfone groups is 1. The van der Waals surface area contributed by atoms with Crippen LogP contribution in [-0.4, -0.2) is 33.6 Å². The Morgan fingerprint density at radius 3 is 2.32 bits per heavy atom. The number of hydrogen-bond donors (Lipinski definition) is 1. The third-order valence-corrected chi connectivity index (χ3v) is 5.23. The highest BCUT2D eigenvalue weighted by atomic mass is 32.2. The fraction of sp³-hybridized carbons (Fsp3) is 0.538. The van der Waals surface area contributed by atoms with E-state index in [2.05, 4.69) is 0 Å². The zero-order valence-electron chi connectivity index (χ0n) is 11.7. The second-order valence-electron chi connectivity index (χ2n) is 4.59. The van der Waals surface area contributed by atoms with Gasteiger partial charge in [-0.3, -0.25) is 0 Å². The van der Waals surface area contributed by atoms with Crippen molar-refractivity contribution in [2.75, 3.05) is 20.0 Å². The normalized spacial score (nSPS) is 13.4. The third-order valence-electron chi connectivity index (χ3n) is 2.97. The molecule has 0 aromatic heterocycles. The summed E-state index contributed by atoms with van der Waals surface area (Å²) in [5, 5.41) is -0.442. The maximum absolute atomic E-state index is 11.9. The molecule has 1 unspecified atom stereocenters. The molecule has 0 aliphatic rings. The van der Waals surface area contributed by atoms with E-state index in [-0.39, 0.29) is 5.75 Å². The molecular formula is C13H21NO4S. The predicted octanol–water partition coefficient (Wildman–Crippen LogP) is 1.53. The van der Waals surface area contributed by atoms with E-state index >= 15 is 0 Å². The molecule has 1 aromatic rings. The topological polar surface area (TPSA) is 78.6 Å². The molecule has 1 aromatic carbocycles. The summed E-state index contributed by atoms with van der Waals surface area (Å²) in [5.74, 6) is 1.07. The van der Waals surface area contributed by atoms with Gasteiger partial charge in [0, 0.05) is 17.7 Å². The highest BCUT2D eigenvalue weighted by Crippen LogP contribution is 2.29. The Labute approximate surface area is 114 Å². The fourth-order valence-electron chi connectivity index (χ4n) is 1.66. The molecular weight excluding hydrogens is 266 g/mol. The maximum atomic E-state index is 11.9. The van der Waals surface area contributed by atoms with E-state index in [1.807, 2.05) is 0 Å². The highest BCUT2D eigenvalue weighted by molar-refractivity contribution is 7.92. The zero-order chi connectivity index (χ0) is 14.6. The molecule has 5 nitrogen and oxygen atoms in total. The van der Waals surface area contributed by atoms with Gasteiger partial charge in [0.1, 0.15) is 11.5 Å². The minimum absolute atomic E-state index is 0.104. The van der Waals surface area contributed by atoms with Gasteiger partial charge in [-0.05, 0) is 19.9 Å². The summed E-state index contributed by atoms with van der Waals surface area (Å²) in [6.45, 7) is 3.29. The Morgan fingerprint density at radius 1 is 1.21 bits per heavy atom. The lowest BCUT2D eigenvalue weighted by Crippen LogP contribution is -2.27. The Hall–Kier alpha value is -1.27. The lowest BCUT2D eigenvalue weighted by molar-refractivity contribution is 0.389. The van der Waals surface area contributed by atoms with E-state index in [1.165, 1.54) is 7.11 Å². The molecule has 0 aliphatic heterocycles. The van der Waals surface area contributed by atoms with Crippen LogP contribution in [-0.2, 0) is 9.84 Å². The number of methoxy groups -OCH3 is 2. The first-order valence-corrected chi connectivity index (χ1v) is 7.72. The minimum Gasteiger partial charge on any atom is -0.497 e. The van der Waals surface area contributed by atoms with E-state index in [1.54, 1.807) is 39.2 Å². The van der Waals surface area contributed by atoms with Crippen LogP contribution in [0.2, 0.25) is 0 Å². The van der Waals surface area contributed by atoms with Gasteiger partial charge in [0.05, 0.1) is 25.2 Å². The van der Waals surface area contributed by atoms with Crippen LogP contribution < -0.4 is 15.2 Å². The summed E-state index contributed by atoms with van der Waals surface area (Å²) in [6.07, 6.45) is 0. The van der Waals surface area contributed by atoms with Crippen LogP contribution in [0.25, 0.3) is 0 Å².